The predicted molar refractivity (Wildman–Crippen MR) is 92.4 cm³/mol. The van der Waals surface area contributed by atoms with Crippen molar-refractivity contribution >= 4 is 23.0 Å². The molecule has 0 radical (unpaired) electrons. The average Bonchev–Trinajstić information content (AvgIpc) is 3.47. The van der Waals surface area contributed by atoms with Gasteiger partial charge in [0.05, 0.1) is 11.5 Å². The number of fused-ring (bicyclic) bond motifs is 1. The molecule has 26 heavy (non-hydrogen) atoms. The fourth-order valence-electron chi connectivity index (χ4n) is 3.66. The Morgan fingerprint density at radius 1 is 1.12 bits per heavy atom. The molecule has 0 aliphatic heterocycles. The Labute approximate surface area is 154 Å². The quantitative estimate of drug-likeness (QED) is 0.802. The topological polar surface area (TPSA) is 46.2 Å². The molecule has 1 aromatic heterocycles. The van der Waals surface area contributed by atoms with Gasteiger partial charge in [-0.3, -0.25) is 9.59 Å². The summed E-state index contributed by atoms with van der Waals surface area (Å²) < 4.78 is 39.6. The molecule has 3 nitrogen and oxygen atoms in total. The van der Waals surface area contributed by atoms with Crippen LogP contribution >= 0.6 is 11.3 Å². The lowest BCUT2D eigenvalue weighted by molar-refractivity contribution is -0.177. The minimum Gasteiger partial charge on any atom is -0.352 e. The number of thiophene rings is 1. The van der Waals surface area contributed by atoms with Gasteiger partial charge in [0.15, 0.2) is 0 Å². The Morgan fingerprint density at radius 2 is 1.85 bits per heavy atom. The van der Waals surface area contributed by atoms with Crippen molar-refractivity contribution in [1.29, 1.82) is 0 Å². The first kappa shape index (κ1) is 18.0. The highest BCUT2D eigenvalue weighted by Gasteiger charge is 2.43. The standard InChI is InChI=1S/C19H22F3NO2S/c20-19(21,22)12-5-6-15-13(7-12)17(18(25)23-9-10-1-2-10)16(26-15)8-14(24)11-3-4-11/h10-12H,1-9H2,(H,23,25)/t12-/m0/s1. The summed E-state index contributed by atoms with van der Waals surface area (Å²) in [5.74, 6) is -0.998. The Balaban J connectivity index is 1.61. The number of Topliss-reactive ketones (excluding diaryl/α,β-unsaturated/α-hetero) is 1. The summed E-state index contributed by atoms with van der Waals surface area (Å²) >= 11 is 1.38. The Kier molecular flexibility index (Phi) is 4.61. The predicted octanol–water partition coefficient (Wildman–Crippen LogP) is 4.08. The van der Waals surface area contributed by atoms with Crippen molar-refractivity contribution < 1.29 is 22.8 Å². The molecule has 0 aromatic carbocycles. The van der Waals surface area contributed by atoms with Crippen LogP contribution in [0.5, 0.6) is 0 Å². The van der Waals surface area contributed by atoms with Gasteiger partial charge in [0.25, 0.3) is 5.91 Å². The molecule has 1 amide bonds. The van der Waals surface area contributed by atoms with E-state index in [9.17, 15) is 22.8 Å². The zero-order valence-corrected chi connectivity index (χ0v) is 15.3. The van der Waals surface area contributed by atoms with E-state index in [4.69, 9.17) is 0 Å². The fraction of sp³-hybridized carbons (Fsp3) is 0.684. The van der Waals surface area contributed by atoms with E-state index in [1.807, 2.05) is 0 Å². The van der Waals surface area contributed by atoms with E-state index in [0.29, 0.717) is 34.9 Å². The minimum absolute atomic E-state index is 0.0656. The van der Waals surface area contributed by atoms with E-state index in [2.05, 4.69) is 5.32 Å². The summed E-state index contributed by atoms with van der Waals surface area (Å²) in [5, 5.41) is 2.88. The lowest BCUT2D eigenvalue weighted by Gasteiger charge is -2.25. The molecule has 1 atom stereocenters. The second-order valence-electron chi connectivity index (χ2n) is 7.85. The van der Waals surface area contributed by atoms with Crippen molar-refractivity contribution in [2.45, 2.75) is 57.5 Å². The van der Waals surface area contributed by atoms with Crippen LogP contribution < -0.4 is 5.32 Å². The maximum atomic E-state index is 13.2. The third-order valence-electron chi connectivity index (χ3n) is 5.64. The molecule has 1 aromatic rings. The third-order valence-corrected chi connectivity index (χ3v) is 6.93. The summed E-state index contributed by atoms with van der Waals surface area (Å²) in [5.41, 5.74) is 0.907. The molecule has 3 aliphatic rings. The van der Waals surface area contributed by atoms with Crippen LogP contribution in [0.25, 0.3) is 0 Å². The summed E-state index contributed by atoms with van der Waals surface area (Å²) in [6, 6.07) is 0. The summed E-state index contributed by atoms with van der Waals surface area (Å²) in [6.45, 7) is 0.572. The fourth-order valence-corrected chi connectivity index (χ4v) is 5.02. The van der Waals surface area contributed by atoms with Gasteiger partial charge >= 0.3 is 6.18 Å². The summed E-state index contributed by atoms with van der Waals surface area (Å²) in [7, 11) is 0. The average molecular weight is 385 g/mol. The second kappa shape index (κ2) is 6.66. The van der Waals surface area contributed by atoms with Crippen LogP contribution in [-0.2, 0) is 24.1 Å². The third kappa shape index (κ3) is 3.82. The first-order valence-corrected chi connectivity index (χ1v) is 10.2. The minimum atomic E-state index is -4.24. The Bertz CT molecular complexity index is 732. The number of hydrogen-bond acceptors (Lipinski definition) is 3. The van der Waals surface area contributed by atoms with Crippen LogP contribution in [-0.4, -0.2) is 24.4 Å². The van der Waals surface area contributed by atoms with E-state index in [1.54, 1.807) is 0 Å². The summed E-state index contributed by atoms with van der Waals surface area (Å²) in [4.78, 5) is 26.5. The smallest absolute Gasteiger partial charge is 0.352 e. The van der Waals surface area contributed by atoms with E-state index in [0.717, 1.165) is 30.6 Å². The molecule has 1 heterocycles. The molecule has 3 aliphatic carbocycles. The van der Waals surface area contributed by atoms with Gasteiger partial charge in [-0.2, -0.15) is 13.2 Å². The van der Waals surface area contributed by atoms with Gasteiger partial charge in [0, 0.05) is 28.6 Å². The normalized spacial score (nSPS) is 22.8. The number of ketones is 1. The van der Waals surface area contributed by atoms with Crippen molar-refractivity contribution in [3.05, 3.63) is 20.9 Å². The highest BCUT2D eigenvalue weighted by Crippen LogP contribution is 2.43. The molecule has 4 rings (SSSR count). The maximum Gasteiger partial charge on any atom is 0.392 e. The second-order valence-corrected chi connectivity index (χ2v) is 9.04. The highest BCUT2D eigenvalue weighted by molar-refractivity contribution is 7.12. The van der Waals surface area contributed by atoms with Gasteiger partial charge in [0.2, 0.25) is 0 Å². The number of rotatable bonds is 6. The number of halogens is 3. The molecule has 2 saturated carbocycles. The van der Waals surface area contributed by atoms with Crippen molar-refractivity contribution in [2.24, 2.45) is 17.8 Å². The Hall–Kier alpha value is -1.37. The van der Waals surface area contributed by atoms with Gasteiger partial charge in [-0.25, -0.2) is 0 Å². The van der Waals surface area contributed by atoms with Gasteiger partial charge in [-0.1, -0.05) is 0 Å². The monoisotopic (exact) mass is 385 g/mol. The molecule has 0 bridgehead atoms. The first-order valence-electron chi connectivity index (χ1n) is 9.34. The maximum absolute atomic E-state index is 13.2. The number of carbonyl (C=O) groups is 2. The number of aryl methyl sites for hydroxylation is 1. The lowest BCUT2D eigenvalue weighted by Crippen LogP contribution is -2.31. The van der Waals surface area contributed by atoms with Crippen LogP contribution in [0.4, 0.5) is 13.2 Å². The molecule has 1 N–H and O–H groups in total. The van der Waals surface area contributed by atoms with E-state index >= 15 is 0 Å². The number of amides is 1. The van der Waals surface area contributed by atoms with Crippen LogP contribution in [0, 0.1) is 17.8 Å². The molecule has 0 spiro atoms. The van der Waals surface area contributed by atoms with E-state index in [-0.39, 0.29) is 36.9 Å². The molecule has 142 valence electrons. The van der Waals surface area contributed by atoms with Crippen molar-refractivity contribution in [3.63, 3.8) is 0 Å². The lowest BCUT2D eigenvalue weighted by atomic mass is 9.85. The van der Waals surface area contributed by atoms with E-state index in [1.165, 1.54) is 11.3 Å². The van der Waals surface area contributed by atoms with Gasteiger partial charge in [0.1, 0.15) is 5.78 Å². The summed E-state index contributed by atoms with van der Waals surface area (Å²) in [6.07, 6.45) is 0.166. The molecular formula is C19H22F3NO2S. The van der Waals surface area contributed by atoms with E-state index < -0.39 is 12.1 Å². The van der Waals surface area contributed by atoms with Gasteiger partial charge < -0.3 is 5.32 Å². The number of hydrogen-bond donors (Lipinski definition) is 1. The molecule has 0 unspecified atom stereocenters. The largest absolute Gasteiger partial charge is 0.392 e. The SMILES string of the molecule is O=C(NCC1CC1)c1c(CC(=O)C2CC2)sc2c1C[C@@H](C(F)(F)F)CC2. The van der Waals surface area contributed by atoms with Gasteiger partial charge in [-0.05, 0) is 56.4 Å². The zero-order valence-electron chi connectivity index (χ0n) is 14.5. The van der Waals surface area contributed by atoms with Crippen molar-refractivity contribution in [1.82, 2.24) is 5.32 Å². The Morgan fingerprint density at radius 3 is 2.46 bits per heavy atom. The number of nitrogens with one attached hydrogen (secondary N) is 1. The van der Waals surface area contributed by atoms with Gasteiger partial charge in [-0.15, -0.1) is 11.3 Å². The first-order chi connectivity index (χ1) is 12.3. The number of alkyl halides is 3. The van der Waals surface area contributed by atoms with Crippen molar-refractivity contribution in [2.75, 3.05) is 6.54 Å². The molecular weight excluding hydrogens is 363 g/mol. The molecule has 0 saturated heterocycles. The van der Waals surface area contributed by atoms with Crippen LogP contribution in [0.1, 0.15) is 57.8 Å². The van der Waals surface area contributed by atoms with Crippen LogP contribution in [0.15, 0.2) is 0 Å². The van der Waals surface area contributed by atoms with Crippen LogP contribution in [0.3, 0.4) is 0 Å². The highest BCUT2D eigenvalue weighted by atomic mass is 32.1. The number of carbonyl (C=O) groups excluding carboxylic acids is 2. The van der Waals surface area contributed by atoms with Crippen molar-refractivity contribution in [3.8, 4) is 0 Å². The molecule has 2 fully saturated rings. The van der Waals surface area contributed by atoms with Crippen LogP contribution in [0.2, 0.25) is 0 Å². The molecule has 7 heteroatoms. The zero-order chi connectivity index (χ0) is 18.5.